The van der Waals surface area contributed by atoms with E-state index in [4.69, 9.17) is 5.11 Å². The number of halogens is 3. The molecule has 0 aliphatic rings. The van der Waals surface area contributed by atoms with E-state index in [0.29, 0.717) is 4.47 Å². The van der Waals surface area contributed by atoms with Gasteiger partial charge in [0.05, 0.1) is 12.1 Å². The van der Waals surface area contributed by atoms with Crippen LogP contribution in [0.3, 0.4) is 0 Å². The molecule has 0 unspecified atom stereocenters. The first-order valence-corrected chi connectivity index (χ1v) is 4.44. The SMILES string of the molecule is O=C(O)Cc1ncc(Br)cc1C(F)F. The summed E-state index contributed by atoms with van der Waals surface area (Å²) in [4.78, 5) is 14.0. The average Bonchev–Trinajstić information content (AvgIpc) is 2.07. The summed E-state index contributed by atoms with van der Waals surface area (Å²) in [7, 11) is 0. The van der Waals surface area contributed by atoms with E-state index in [1.54, 1.807) is 0 Å². The number of aromatic nitrogens is 1. The standard InChI is InChI=1S/C8H6BrF2NO2/c9-4-1-5(8(10)11)6(12-3-4)2-7(13)14/h1,3,8H,2H2,(H,13,14). The molecule has 0 aliphatic heterocycles. The van der Waals surface area contributed by atoms with Crippen molar-refractivity contribution in [1.82, 2.24) is 4.98 Å². The lowest BCUT2D eigenvalue weighted by Crippen LogP contribution is -2.06. The molecule has 3 nitrogen and oxygen atoms in total. The zero-order chi connectivity index (χ0) is 10.7. The molecule has 0 saturated heterocycles. The van der Waals surface area contributed by atoms with Gasteiger partial charge >= 0.3 is 5.97 Å². The van der Waals surface area contributed by atoms with Crippen LogP contribution in [-0.4, -0.2) is 16.1 Å². The fraction of sp³-hybridized carbons (Fsp3) is 0.250. The predicted octanol–water partition coefficient (Wildman–Crippen LogP) is 2.41. The Balaban J connectivity index is 3.08. The maximum atomic E-state index is 12.4. The fourth-order valence-electron chi connectivity index (χ4n) is 0.963. The van der Waals surface area contributed by atoms with E-state index in [2.05, 4.69) is 20.9 Å². The summed E-state index contributed by atoms with van der Waals surface area (Å²) in [6.07, 6.45) is -1.91. The van der Waals surface area contributed by atoms with Crippen LogP contribution in [0.25, 0.3) is 0 Å². The van der Waals surface area contributed by atoms with Crippen LogP contribution in [0.1, 0.15) is 17.7 Å². The van der Waals surface area contributed by atoms with Gasteiger partial charge in [-0.1, -0.05) is 0 Å². The number of carboxylic acid groups (broad SMARTS) is 1. The fourth-order valence-corrected chi connectivity index (χ4v) is 1.31. The highest BCUT2D eigenvalue weighted by Crippen LogP contribution is 2.24. The molecule has 14 heavy (non-hydrogen) atoms. The van der Waals surface area contributed by atoms with Crippen LogP contribution in [0.15, 0.2) is 16.7 Å². The summed E-state index contributed by atoms with van der Waals surface area (Å²) < 4.78 is 25.2. The van der Waals surface area contributed by atoms with Crippen molar-refractivity contribution in [1.29, 1.82) is 0 Å². The maximum absolute atomic E-state index is 12.4. The van der Waals surface area contributed by atoms with Crippen molar-refractivity contribution < 1.29 is 18.7 Å². The molecule has 0 amide bonds. The topological polar surface area (TPSA) is 50.2 Å². The van der Waals surface area contributed by atoms with E-state index in [9.17, 15) is 13.6 Å². The Morgan fingerprint density at radius 3 is 2.79 bits per heavy atom. The first kappa shape index (κ1) is 11.0. The summed E-state index contributed by atoms with van der Waals surface area (Å²) >= 11 is 2.99. The second-order valence-electron chi connectivity index (χ2n) is 2.56. The Morgan fingerprint density at radius 2 is 2.29 bits per heavy atom. The first-order chi connectivity index (χ1) is 6.50. The number of alkyl halides is 2. The molecule has 0 atom stereocenters. The molecule has 1 N–H and O–H groups in total. The Hall–Kier alpha value is -1.04. The lowest BCUT2D eigenvalue weighted by atomic mass is 10.1. The Kier molecular flexibility index (Phi) is 3.51. The molecule has 1 rings (SSSR count). The molecular weight excluding hydrogens is 260 g/mol. The smallest absolute Gasteiger partial charge is 0.309 e. The van der Waals surface area contributed by atoms with Crippen LogP contribution in [0, 0.1) is 0 Å². The second kappa shape index (κ2) is 4.45. The van der Waals surface area contributed by atoms with Crippen molar-refractivity contribution in [2.75, 3.05) is 0 Å². The normalized spacial score (nSPS) is 10.6. The third-order valence-corrected chi connectivity index (χ3v) is 1.96. The summed E-state index contributed by atoms with van der Waals surface area (Å²) in [6.45, 7) is 0. The Bertz CT molecular complexity index is 357. The third-order valence-electron chi connectivity index (χ3n) is 1.52. The van der Waals surface area contributed by atoms with Gasteiger partial charge in [-0.25, -0.2) is 8.78 Å². The van der Waals surface area contributed by atoms with E-state index in [0.717, 1.165) is 0 Å². The van der Waals surface area contributed by atoms with Gasteiger partial charge < -0.3 is 5.11 Å². The van der Waals surface area contributed by atoms with E-state index in [1.807, 2.05) is 0 Å². The van der Waals surface area contributed by atoms with Gasteiger partial charge in [0, 0.05) is 16.2 Å². The van der Waals surface area contributed by atoms with Crippen LogP contribution in [0.4, 0.5) is 8.78 Å². The van der Waals surface area contributed by atoms with Gasteiger partial charge in [0.15, 0.2) is 0 Å². The molecule has 0 spiro atoms. The average molecular weight is 266 g/mol. The molecular formula is C8H6BrF2NO2. The molecule has 0 aromatic carbocycles. The number of nitrogens with zero attached hydrogens (tertiary/aromatic N) is 1. The minimum atomic E-state index is -2.71. The number of rotatable bonds is 3. The third kappa shape index (κ3) is 2.73. The van der Waals surface area contributed by atoms with Gasteiger partial charge in [-0.05, 0) is 22.0 Å². The number of carboxylic acids is 1. The van der Waals surface area contributed by atoms with Crippen LogP contribution in [0.2, 0.25) is 0 Å². The van der Waals surface area contributed by atoms with Gasteiger partial charge in [0.2, 0.25) is 0 Å². The van der Waals surface area contributed by atoms with Crippen LogP contribution in [0.5, 0.6) is 0 Å². The summed E-state index contributed by atoms with van der Waals surface area (Å²) in [5, 5.41) is 8.45. The Labute approximate surface area is 86.9 Å². The molecule has 0 saturated carbocycles. The lowest BCUT2D eigenvalue weighted by Gasteiger charge is -2.05. The summed E-state index contributed by atoms with van der Waals surface area (Å²) in [6, 6.07) is 1.18. The van der Waals surface area contributed by atoms with Crippen LogP contribution >= 0.6 is 15.9 Å². The number of hydrogen-bond donors (Lipinski definition) is 1. The van der Waals surface area contributed by atoms with Crippen molar-refractivity contribution in [3.8, 4) is 0 Å². The van der Waals surface area contributed by atoms with Crippen molar-refractivity contribution in [3.63, 3.8) is 0 Å². The van der Waals surface area contributed by atoms with Crippen LogP contribution < -0.4 is 0 Å². The van der Waals surface area contributed by atoms with Gasteiger partial charge in [-0.15, -0.1) is 0 Å². The molecule has 0 bridgehead atoms. The highest BCUT2D eigenvalue weighted by molar-refractivity contribution is 9.10. The molecule has 0 aliphatic carbocycles. The molecule has 0 fully saturated rings. The number of hydrogen-bond acceptors (Lipinski definition) is 2. The van der Waals surface area contributed by atoms with Crippen molar-refractivity contribution >= 4 is 21.9 Å². The van der Waals surface area contributed by atoms with Crippen LogP contribution in [-0.2, 0) is 11.2 Å². The van der Waals surface area contributed by atoms with Gasteiger partial charge in [-0.2, -0.15) is 0 Å². The largest absolute Gasteiger partial charge is 0.481 e. The summed E-state index contributed by atoms with van der Waals surface area (Å²) in [5.74, 6) is -1.18. The van der Waals surface area contributed by atoms with E-state index >= 15 is 0 Å². The van der Waals surface area contributed by atoms with Crippen molar-refractivity contribution in [2.24, 2.45) is 0 Å². The predicted molar refractivity (Wildman–Crippen MR) is 48.2 cm³/mol. The quantitative estimate of drug-likeness (QED) is 0.913. The minimum Gasteiger partial charge on any atom is -0.481 e. The molecule has 0 radical (unpaired) electrons. The lowest BCUT2D eigenvalue weighted by molar-refractivity contribution is -0.136. The van der Waals surface area contributed by atoms with E-state index in [-0.39, 0.29) is 11.3 Å². The van der Waals surface area contributed by atoms with Gasteiger partial charge in [-0.3, -0.25) is 9.78 Å². The van der Waals surface area contributed by atoms with E-state index < -0.39 is 18.8 Å². The summed E-state index contributed by atoms with van der Waals surface area (Å²) in [5.41, 5.74) is -0.447. The van der Waals surface area contributed by atoms with Crippen molar-refractivity contribution in [3.05, 3.63) is 28.0 Å². The van der Waals surface area contributed by atoms with Gasteiger partial charge in [0.1, 0.15) is 0 Å². The monoisotopic (exact) mass is 265 g/mol. The molecule has 1 heterocycles. The first-order valence-electron chi connectivity index (χ1n) is 3.65. The molecule has 1 aromatic rings. The molecule has 6 heteroatoms. The number of carbonyl (C=O) groups is 1. The second-order valence-corrected chi connectivity index (χ2v) is 3.48. The highest BCUT2D eigenvalue weighted by Gasteiger charge is 2.16. The number of aliphatic carboxylic acids is 1. The minimum absolute atomic E-state index is 0.101. The molecule has 1 aromatic heterocycles. The van der Waals surface area contributed by atoms with Crippen molar-refractivity contribution in [2.45, 2.75) is 12.8 Å². The zero-order valence-corrected chi connectivity index (χ0v) is 8.46. The van der Waals surface area contributed by atoms with E-state index in [1.165, 1.54) is 12.3 Å². The zero-order valence-electron chi connectivity index (χ0n) is 6.88. The van der Waals surface area contributed by atoms with Gasteiger partial charge in [0.25, 0.3) is 6.43 Å². The molecule has 76 valence electrons. The highest BCUT2D eigenvalue weighted by atomic mass is 79.9. The Morgan fingerprint density at radius 1 is 1.64 bits per heavy atom. The number of pyridine rings is 1. The maximum Gasteiger partial charge on any atom is 0.309 e.